The third-order valence-corrected chi connectivity index (χ3v) is 3.74. The molecule has 0 spiro atoms. The Kier molecular flexibility index (Phi) is 4.04. The number of benzene rings is 1. The number of anilines is 1. The summed E-state index contributed by atoms with van der Waals surface area (Å²) in [6.07, 6.45) is 0.200. The van der Waals surface area contributed by atoms with Crippen molar-refractivity contribution >= 4 is 34.3 Å². The van der Waals surface area contributed by atoms with Crippen molar-refractivity contribution < 1.29 is 13.6 Å². The molecule has 1 N–H and O–H groups in total. The number of carbonyl (C=O) groups excluding carboxylic acids is 1. The number of likely N-dealkylation sites (tertiary alicyclic amines) is 1. The van der Waals surface area contributed by atoms with Crippen molar-refractivity contribution in [3.05, 3.63) is 27.8 Å². The Hall–Kier alpha value is -0.920. The molecule has 98 valence electrons. The van der Waals surface area contributed by atoms with E-state index in [4.69, 9.17) is 0 Å². The van der Waals surface area contributed by atoms with Gasteiger partial charge in [0.05, 0.1) is 12.2 Å². The molecule has 6 heteroatoms. The van der Waals surface area contributed by atoms with Gasteiger partial charge in [-0.05, 0) is 41.1 Å². The first-order chi connectivity index (χ1) is 8.48. The molecule has 2 rings (SSSR count). The zero-order chi connectivity index (χ0) is 13.2. The summed E-state index contributed by atoms with van der Waals surface area (Å²) in [6.45, 7) is -0.118. The second-order valence-electron chi connectivity index (χ2n) is 4.29. The van der Waals surface area contributed by atoms with E-state index in [1.165, 1.54) is 4.90 Å². The first kappa shape index (κ1) is 13.5. The van der Waals surface area contributed by atoms with Gasteiger partial charge in [-0.1, -0.05) is 12.1 Å². The molecule has 0 atom stereocenters. The summed E-state index contributed by atoms with van der Waals surface area (Å²) in [5.41, 5.74) is 0.650. The lowest BCUT2D eigenvalue weighted by atomic mass is 10.1. The third-order valence-electron chi connectivity index (χ3n) is 2.80. The lowest BCUT2D eigenvalue weighted by molar-refractivity contribution is -0.0510. The number of hydrogen-bond acceptors (Lipinski definition) is 1. The maximum Gasteiger partial charge on any atom is 0.322 e. The van der Waals surface area contributed by atoms with Crippen molar-refractivity contribution in [2.45, 2.75) is 18.8 Å². The van der Waals surface area contributed by atoms with Crippen molar-refractivity contribution in [2.75, 3.05) is 18.4 Å². The van der Waals surface area contributed by atoms with Gasteiger partial charge in [0.2, 0.25) is 0 Å². The summed E-state index contributed by atoms with van der Waals surface area (Å²) < 4.78 is 27.3. The van der Waals surface area contributed by atoms with E-state index in [2.05, 4.69) is 27.9 Å². The van der Waals surface area contributed by atoms with Crippen LogP contribution in [0.2, 0.25) is 0 Å². The minimum absolute atomic E-state index is 0.139. The van der Waals surface area contributed by atoms with Gasteiger partial charge in [-0.2, -0.15) is 0 Å². The summed E-state index contributed by atoms with van der Waals surface area (Å²) in [7, 11) is 0. The molecule has 0 bridgehead atoms. The van der Waals surface area contributed by atoms with Gasteiger partial charge in [0, 0.05) is 16.5 Å². The molecule has 2 amide bonds. The highest BCUT2D eigenvalue weighted by molar-refractivity contribution is 14.1. The summed E-state index contributed by atoms with van der Waals surface area (Å²) in [6, 6.07) is 6.79. The van der Waals surface area contributed by atoms with E-state index in [9.17, 15) is 13.6 Å². The normalized spacial score (nSPS) is 18.5. The van der Waals surface area contributed by atoms with Gasteiger partial charge >= 0.3 is 6.03 Å². The maximum atomic E-state index is 13.2. The van der Waals surface area contributed by atoms with Crippen LogP contribution in [0.4, 0.5) is 19.3 Å². The van der Waals surface area contributed by atoms with Crippen LogP contribution >= 0.6 is 22.6 Å². The second kappa shape index (κ2) is 5.38. The number of rotatable bonds is 1. The van der Waals surface area contributed by atoms with Crippen LogP contribution in [-0.2, 0) is 0 Å². The minimum atomic E-state index is -2.76. The van der Waals surface area contributed by atoms with E-state index in [0.29, 0.717) is 18.7 Å². The van der Waals surface area contributed by atoms with E-state index in [0.717, 1.165) is 3.57 Å². The molecule has 1 aromatic carbocycles. The lowest BCUT2D eigenvalue weighted by Crippen LogP contribution is -2.47. The lowest BCUT2D eigenvalue weighted by Gasteiger charge is -2.32. The topological polar surface area (TPSA) is 32.3 Å². The Bertz CT molecular complexity index is 453. The maximum absolute atomic E-state index is 13.2. The van der Waals surface area contributed by atoms with Crippen LogP contribution in [-0.4, -0.2) is 29.9 Å². The van der Waals surface area contributed by atoms with Crippen LogP contribution in [0, 0.1) is 3.57 Å². The van der Waals surface area contributed by atoms with Gasteiger partial charge in [-0.15, -0.1) is 0 Å². The molecule has 18 heavy (non-hydrogen) atoms. The fourth-order valence-electron chi connectivity index (χ4n) is 1.90. The molecule has 0 saturated carbocycles. The molecule has 3 nitrogen and oxygen atoms in total. The summed E-state index contributed by atoms with van der Waals surface area (Å²) in [5.74, 6) is -2.76. The Morgan fingerprint density at radius 3 is 2.78 bits per heavy atom. The van der Waals surface area contributed by atoms with Crippen molar-refractivity contribution in [1.82, 2.24) is 4.90 Å². The molecule has 0 radical (unpaired) electrons. The van der Waals surface area contributed by atoms with Gasteiger partial charge in [-0.3, -0.25) is 0 Å². The zero-order valence-electron chi connectivity index (χ0n) is 9.63. The quantitative estimate of drug-likeness (QED) is 0.758. The second-order valence-corrected chi connectivity index (χ2v) is 5.45. The van der Waals surface area contributed by atoms with Crippen molar-refractivity contribution in [1.29, 1.82) is 0 Å². The molecule has 0 aromatic heterocycles. The number of carbonyl (C=O) groups is 1. The minimum Gasteiger partial charge on any atom is -0.318 e. The average molecular weight is 366 g/mol. The number of para-hydroxylation sites is 1. The van der Waals surface area contributed by atoms with E-state index in [1.54, 1.807) is 12.1 Å². The molecular weight excluding hydrogens is 353 g/mol. The summed E-state index contributed by atoms with van der Waals surface area (Å²) in [5, 5.41) is 2.66. The van der Waals surface area contributed by atoms with Gasteiger partial charge < -0.3 is 10.2 Å². The van der Waals surface area contributed by atoms with Gasteiger partial charge in [0.25, 0.3) is 5.92 Å². The van der Waals surface area contributed by atoms with Crippen LogP contribution in [0.5, 0.6) is 0 Å². The van der Waals surface area contributed by atoms with Crippen LogP contribution < -0.4 is 5.32 Å². The highest BCUT2D eigenvalue weighted by atomic mass is 127. The standard InChI is InChI=1S/C12H13F2IN2O/c13-12(14)6-3-7-17(8-12)11(18)16-10-5-2-1-4-9(10)15/h1-2,4-5H,3,6-8H2,(H,16,18). The number of urea groups is 1. The Labute approximate surface area is 118 Å². The first-order valence-corrected chi connectivity index (χ1v) is 6.74. The molecule has 1 aliphatic heterocycles. The molecule has 1 heterocycles. The number of alkyl halides is 2. The number of amides is 2. The van der Waals surface area contributed by atoms with E-state index in [1.807, 2.05) is 12.1 Å². The summed E-state index contributed by atoms with van der Waals surface area (Å²) in [4.78, 5) is 13.1. The summed E-state index contributed by atoms with van der Waals surface area (Å²) >= 11 is 2.09. The molecule has 0 aliphatic carbocycles. The van der Waals surface area contributed by atoms with Crippen molar-refractivity contribution in [3.63, 3.8) is 0 Å². The van der Waals surface area contributed by atoms with E-state index < -0.39 is 18.5 Å². The highest BCUT2D eigenvalue weighted by Gasteiger charge is 2.37. The van der Waals surface area contributed by atoms with Crippen LogP contribution in [0.15, 0.2) is 24.3 Å². The molecule has 0 unspecified atom stereocenters. The average Bonchev–Trinajstić information content (AvgIpc) is 2.31. The molecule has 1 aliphatic rings. The molecule has 1 saturated heterocycles. The zero-order valence-corrected chi connectivity index (χ0v) is 11.8. The number of halogens is 3. The number of nitrogens with one attached hydrogen (secondary N) is 1. The fourth-order valence-corrected chi connectivity index (χ4v) is 2.42. The van der Waals surface area contributed by atoms with E-state index in [-0.39, 0.29) is 6.42 Å². The largest absolute Gasteiger partial charge is 0.322 e. The SMILES string of the molecule is O=C(Nc1ccccc1I)N1CCCC(F)(F)C1. The predicted octanol–water partition coefficient (Wildman–Crippen LogP) is 3.55. The number of hydrogen-bond donors (Lipinski definition) is 1. The fraction of sp³-hybridized carbons (Fsp3) is 0.417. The van der Waals surface area contributed by atoms with Crippen molar-refractivity contribution in [2.24, 2.45) is 0 Å². The smallest absolute Gasteiger partial charge is 0.318 e. The van der Waals surface area contributed by atoms with Crippen LogP contribution in [0.25, 0.3) is 0 Å². The first-order valence-electron chi connectivity index (χ1n) is 5.66. The Balaban J connectivity index is 2.02. The number of piperidine rings is 1. The Morgan fingerprint density at radius 1 is 1.39 bits per heavy atom. The van der Waals surface area contributed by atoms with Gasteiger partial charge in [0.1, 0.15) is 0 Å². The number of nitrogens with zero attached hydrogens (tertiary/aromatic N) is 1. The van der Waals surface area contributed by atoms with E-state index >= 15 is 0 Å². The third kappa shape index (κ3) is 3.30. The molecule has 1 aromatic rings. The predicted molar refractivity (Wildman–Crippen MR) is 73.9 cm³/mol. The van der Waals surface area contributed by atoms with Crippen LogP contribution in [0.3, 0.4) is 0 Å². The Morgan fingerprint density at radius 2 is 2.11 bits per heavy atom. The molecular formula is C12H13F2IN2O. The monoisotopic (exact) mass is 366 g/mol. The van der Waals surface area contributed by atoms with Gasteiger partial charge in [-0.25, -0.2) is 13.6 Å². The van der Waals surface area contributed by atoms with Gasteiger partial charge in [0.15, 0.2) is 0 Å². The molecule has 1 fully saturated rings. The van der Waals surface area contributed by atoms with Crippen LogP contribution in [0.1, 0.15) is 12.8 Å². The highest BCUT2D eigenvalue weighted by Crippen LogP contribution is 2.27. The van der Waals surface area contributed by atoms with Crippen molar-refractivity contribution in [3.8, 4) is 0 Å².